The molecule has 292 valence electrons. The average molecular weight is 810 g/mol. The van der Waals surface area contributed by atoms with Gasteiger partial charge in [-0.25, -0.2) is 0 Å². The van der Waals surface area contributed by atoms with Crippen molar-refractivity contribution < 1.29 is 0 Å². The van der Waals surface area contributed by atoms with Gasteiger partial charge in [-0.05, 0) is 101 Å². The molecular formula is C58H39N3S. The number of fused-ring (bicyclic) bond motifs is 7. The second-order valence-corrected chi connectivity index (χ2v) is 16.8. The SMILES string of the molecule is c1ccc(N(c2ccc(-c3ccc4c5ccccc5n(-c5ccccc5)c4c3)cc2)c2cccc(N(c3cccc4ccccc34)c3cccc4c3sc3ccccc34)c2)cc1. The van der Waals surface area contributed by atoms with E-state index in [1.807, 2.05) is 11.3 Å². The number of thiophene rings is 1. The van der Waals surface area contributed by atoms with Crippen molar-refractivity contribution in [3.8, 4) is 16.8 Å². The van der Waals surface area contributed by atoms with Crippen molar-refractivity contribution >= 4 is 98.2 Å². The van der Waals surface area contributed by atoms with Crippen LogP contribution in [0.5, 0.6) is 0 Å². The van der Waals surface area contributed by atoms with Gasteiger partial charge >= 0.3 is 0 Å². The average Bonchev–Trinajstić information content (AvgIpc) is 3.89. The number of anilines is 6. The van der Waals surface area contributed by atoms with Gasteiger partial charge in [-0.2, -0.15) is 0 Å². The van der Waals surface area contributed by atoms with Gasteiger partial charge in [0.1, 0.15) is 0 Å². The normalized spacial score (nSPS) is 11.5. The smallest absolute Gasteiger partial charge is 0.0640 e. The molecule has 0 unspecified atom stereocenters. The van der Waals surface area contributed by atoms with Crippen LogP contribution in [0.15, 0.2) is 237 Å². The summed E-state index contributed by atoms with van der Waals surface area (Å²) in [5.74, 6) is 0. The Morgan fingerprint density at radius 1 is 0.323 bits per heavy atom. The summed E-state index contributed by atoms with van der Waals surface area (Å²) in [6.45, 7) is 0. The molecule has 0 N–H and O–H groups in total. The number of aromatic nitrogens is 1. The standard InChI is InChI=1S/C58H39N3S/c1-3-18-43(19-4-1)59(45-35-32-40(33-36-45)42-34-37-50-49-25-9-11-28-54(49)60(56(50)38-42)44-20-5-2-6-21-44)46-22-14-23-47(39-46)61(53-29-13-17-41-16-7-8-24-48(41)53)55-30-15-27-52-51-26-10-12-31-57(51)62-58(52)55/h1-39H. The minimum atomic E-state index is 1.07. The first-order chi connectivity index (χ1) is 30.8. The van der Waals surface area contributed by atoms with Gasteiger partial charge in [-0.15, -0.1) is 11.3 Å². The first-order valence-corrected chi connectivity index (χ1v) is 21.9. The van der Waals surface area contributed by atoms with Crippen molar-refractivity contribution in [3.63, 3.8) is 0 Å². The maximum Gasteiger partial charge on any atom is 0.0640 e. The molecular weight excluding hydrogens is 771 g/mol. The van der Waals surface area contributed by atoms with Gasteiger partial charge in [0.15, 0.2) is 0 Å². The van der Waals surface area contributed by atoms with E-state index in [2.05, 4.69) is 251 Å². The minimum Gasteiger partial charge on any atom is -0.310 e. The predicted molar refractivity (Wildman–Crippen MR) is 266 cm³/mol. The molecule has 12 aromatic rings. The van der Waals surface area contributed by atoms with Crippen molar-refractivity contribution in [1.82, 2.24) is 4.57 Å². The quantitative estimate of drug-likeness (QED) is 0.151. The topological polar surface area (TPSA) is 11.4 Å². The zero-order chi connectivity index (χ0) is 41.0. The van der Waals surface area contributed by atoms with Crippen LogP contribution in [0.4, 0.5) is 34.1 Å². The Hall–Kier alpha value is -7.92. The van der Waals surface area contributed by atoms with E-state index in [0.717, 1.165) is 39.8 Å². The molecule has 0 saturated heterocycles. The first kappa shape index (κ1) is 36.0. The molecule has 12 rings (SSSR count). The molecule has 0 saturated carbocycles. The number of para-hydroxylation sites is 3. The molecule has 0 aliphatic heterocycles. The van der Waals surface area contributed by atoms with E-state index < -0.39 is 0 Å². The Morgan fingerprint density at radius 3 is 1.73 bits per heavy atom. The highest BCUT2D eigenvalue weighted by Gasteiger charge is 2.22. The maximum absolute atomic E-state index is 2.46. The van der Waals surface area contributed by atoms with Crippen LogP contribution in [0.2, 0.25) is 0 Å². The highest BCUT2D eigenvalue weighted by Crippen LogP contribution is 2.48. The van der Waals surface area contributed by atoms with E-state index in [4.69, 9.17) is 0 Å². The lowest BCUT2D eigenvalue weighted by atomic mass is 10.0. The number of rotatable bonds is 8. The van der Waals surface area contributed by atoms with Crippen molar-refractivity contribution in [2.24, 2.45) is 0 Å². The van der Waals surface area contributed by atoms with Gasteiger partial charge in [0.2, 0.25) is 0 Å². The van der Waals surface area contributed by atoms with Gasteiger partial charge in [0, 0.05) is 60.1 Å². The molecule has 0 spiro atoms. The molecule has 0 amide bonds. The predicted octanol–water partition coefficient (Wildman–Crippen LogP) is 16.9. The lowest BCUT2D eigenvalue weighted by molar-refractivity contribution is 1.18. The van der Waals surface area contributed by atoms with E-state index in [1.54, 1.807) is 0 Å². The summed E-state index contributed by atoms with van der Waals surface area (Å²) in [6, 6.07) is 85.8. The van der Waals surface area contributed by atoms with Crippen LogP contribution in [0.1, 0.15) is 0 Å². The van der Waals surface area contributed by atoms with E-state index in [-0.39, 0.29) is 0 Å². The lowest BCUT2D eigenvalue weighted by Gasteiger charge is -2.30. The summed E-state index contributed by atoms with van der Waals surface area (Å²) in [5, 5.41) is 7.49. The van der Waals surface area contributed by atoms with Crippen LogP contribution >= 0.6 is 11.3 Å². The molecule has 3 nitrogen and oxygen atoms in total. The number of benzene rings is 10. The van der Waals surface area contributed by atoms with Gasteiger partial charge in [0.05, 0.1) is 27.1 Å². The maximum atomic E-state index is 2.46. The second kappa shape index (κ2) is 15.0. The molecule has 2 heterocycles. The van der Waals surface area contributed by atoms with Gasteiger partial charge < -0.3 is 14.4 Å². The van der Waals surface area contributed by atoms with E-state index >= 15 is 0 Å². The summed E-state index contributed by atoms with van der Waals surface area (Å²) >= 11 is 1.86. The molecule has 62 heavy (non-hydrogen) atoms. The molecule has 2 aromatic heterocycles. The summed E-state index contributed by atoms with van der Waals surface area (Å²) in [6.07, 6.45) is 0. The summed E-state index contributed by atoms with van der Waals surface area (Å²) in [5.41, 5.74) is 12.6. The van der Waals surface area contributed by atoms with Gasteiger partial charge in [-0.1, -0.05) is 152 Å². The first-order valence-electron chi connectivity index (χ1n) is 21.1. The third-order valence-electron chi connectivity index (χ3n) is 12.1. The van der Waals surface area contributed by atoms with Crippen molar-refractivity contribution in [2.45, 2.75) is 0 Å². The van der Waals surface area contributed by atoms with Crippen LogP contribution < -0.4 is 9.80 Å². The summed E-state index contributed by atoms with van der Waals surface area (Å²) in [7, 11) is 0. The zero-order valence-corrected chi connectivity index (χ0v) is 34.6. The minimum absolute atomic E-state index is 1.07. The Kier molecular flexibility index (Phi) is 8.68. The molecule has 4 heteroatoms. The Bertz CT molecular complexity index is 3580. The molecule has 10 aromatic carbocycles. The Balaban J connectivity index is 0.992. The molecule has 0 bridgehead atoms. The third-order valence-corrected chi connectivity index (χ3v) is 13.3. The van der Waals surface area contributed by atoms with Crippen LogP contribution in [0, 0.1) is 0 Å². The monoisotopic (exact) mass is 809 g/mol. The van der Waals surface area contributed by atoms with Crippen LogP contribution in [-0.2, 0) is 0 Å². The van der Waals surface area contributed by atoms with E-state index in [0.29, 0.717) is 0 Å². The van der Waals surface area contributed by atoms with Crippen LogP contribution in [0.25, 0.3) is 69.6 Å². The number of hydrogen-bond acceptors (Lipinski definition) is 3. The van der Waals surface area contributed by atoms with E-state index in [9.17, 15) is 0 Å². The lowest BCUT2D eigenvalue weighted by Crippen LogP contribution is -2.13. The molecule has 0 aliphatic rings. The van der Waals surface area contributed by atoms with Crippen molar-refractivity contribution in [2.75, 3.05) is 9.80 Å². The highest BCUT2D eigenvalue weighted by molar-refractivity contribution is 7.26. The Labute approximate surface area is 364 Å². The fraction of sp³-hybridized carbons (Fsp3) is 0. The van der Waals surface area contributed by atoms with Crippen LogP contribution in [0.3, 0.4) is 0 Å². The third kappa shape index (κ3) is 6.03. The largest absolute Gasteiger partial charge is 0.310 e. The van der Waals surface area contributed by atoms with Gasteiger partial charge in [-0.3, -0.25) is 0 Å². The second-order valence-electron chi connectivity index (χ2n) is 15.7. The Morgan fingerprint density at radius 2 is 0.887 bits per heavy atom. The molecule has 0 atom stereocenters. The van der Waals surface area contributed by atoms with Crippen molar-refractivity contribution in [3.05, 3.63) is 237 Å². The summed E-state index contributed by atoms with van der Waals surface area (Å²) < 4.78 is 4.94. The molecule has 0 aliphatic carbocycles. The highest BCUT2D eigenvalue weighted by atomic mass is 32.1. The zero-order valence-electron chi connectivity index (χ0n) is 33.8. The fourth-order valence-electron chi connectivity index (χ4n) is 9.32. The van der Waals surface area contributed by atoms with E-state index in [1.165, 1.54) is 63.9 Å². The number of nitrogens with zero attached hydrogens (tertiary/aromatic N) is 3. The fourth-order valence-corrected chi connectivity index (χ4v) is 10.5. The van der Waals surface area contributed by atoms with Crippen LogP contribution in [-0.4, -0.2) is 4.57 Å². The number of hydrogen-bond donors (Lipinski definition) is 0. The van der Waals surface area contributed by atoms with Crippen molar-refractivity contribution in [1.29, 1.82) is 0 Å². The van der Waals surface area contributed by atoms with Gasteiger partial charge in [0.25, 0.3) is 0 Å². The molecule has 0 fully saturated rings. The summed E-state index contributed by atoms with van der Waals surface area (Å²) in [4.78, 5) is 4.83. The molecule has 0 radical (unpaired) electrons.